The van der Waals surface area contributed by atoms with Gasteiger partial charge in [-0.1, -0.05) is 11.6 Å². The van der Waals surface area contributed by atoms with Gasteiger partial charge in [0.1, 0.15) is 16.5 Å². The molecule has 2 aliphatic rings. The minimum Gasteiger partial charge on any atom is -0.495 e. The number of rotatable bonds is 4. The molecule has 3 aromatic rings. The molecule has 0 spiro atoms. The standard InChI is InChI=1S/C21H21ClFN5O3/c1-30-17-6-5-14(23)19(18(17)22)28-16-11-31-10-15(13(16)9-25-28)26-21(29)20-24-8-12-4-2-3-7-27(12)20/h5-6,8-9,15H,2-4,7,10-11H2,1H3,(H,26,29)/t15-/m1/s1. The lowest BCUT2D eigenvalue weighted by molar-refractivity contribution is 0.0678. The van der Waals surface area contributed by atoms with Crippen LogP contribution in [-0.4, -0.2) is 39.0 Å². The minimum atomic E-state index is -0.535. The Morgan fingerprint density at radius 3 is 3.06 bits per heavy atom. The smallest absolute Gasteiger partial charge is 0.287 e. The fourth-order valence-electron chi connectivity index (χ4n) is 4.21. The number of nitrogens with one attached hydrogen (secondary N) is 1. The van der Waals surface area contributed by atoms with Crippen molar-refractivity contribution in [3.05, 3.63) is 58.1 Å². The summed E-state index contributed by atoms with van der Waals surface area (Å²) >= 11 is 6.36. The predicted molar refractivity (Wildman–Crippen MR) is 110 cm³/mol. The zero-order valence-electron chi connectivity index (χ0n) is 16.9. The molecule has 0 fully saturated rings. The highest BCUT2D eigenvalue weighted by molar-refractivity contribution is 6.33. The van der Waals surface area contributed by atoms with Crippen molar-refractivity contribution in [2.24, 2.45) is 0 Å². The molecule has 5 rings (SSSR count). The van der Waals surface area contributed by atoms with E-state index in [1.165, 1.54) is 23.9 Å². The van der Waals surface area contributed by atoms with Crippen LogP contribution in [0.15, 0.2) is 24.5 Å². The van der Waals surface area contributed by atoms with Gasteiger partial charge in [-0.15, -0.1) is 0 Å². The van der Waals surface area contributed by atoms with Crippen LogP contribution in [-0.2, 0) is 24.3 Å². The van der Waals surface area contributed by atoms with Gasteiger partial charge in [0, 0.05) is 24.0 Å². The Morgan fingerprint density at radius 2 is 2.23 bits per heavy atom. The first kappa shape index (κ1) is 20.0. The third-order valence-corrected chi connectivity index (χ3v) is 6.14. The van der Waals surface area contributed by atoms with Crippen LogP contribution >= 0.6 is 11.6 Å². The third-order valence-electron chi connectivity index (χ3n) is 5.77. The normalized spacial score (nSPS) is 17.7. The zero-order chi connectivity index (χ0) is 21.5. The molecule has 162 valence electrons. The molecule has 1 N–H and O–H groups in total. The average Bonchev–Trinajstić information content (AvgIpc) is 3.39. The van der Waals surface area contributed by atoms with Gasteiger partial charge in [-0.05, 0) is 31.4 Å². The van der Waals surface area contributed by atoms with E-state index >= 15 is 0 Å². The van der Waals surface area contributed by atoms with Crippen molar-refractivity contribution in [1.82, 2.24) is 24.6 Å². The van der Waals surface area contributed by atoms with Crippen molar-refractivity contribution in [3.63, 3.8) is 0 Å². The molecule has 31 heavy (non-hydrogen) atoms. The van der Waals surface area contributed by atoms with Crippen LogP contribution in [0.25, 0.3) is 5.69 Å². The number of hydrogen-bond donors (Lipinski definition) is 1. The van der Waals surface area contributed by atoms with E-state index in [0.29, 0.717) is 17.3 Å². The summed E-state index contributed by atoms with van der Waals surface area (Å²) in [5.74, 6) is -0.0658. The van der Waals surface area contributed by atoms with Crippen molar-refractivity contribution >= 4 is 17.5 Å². The Bertz CT molecular complexity index is 1160. The maximum absolute atomic E-state index is 14.6. The molecule has 0 radical (unpaired) electrons. The van der Waals surface area contributed by atoms with Crippen molar-refractivity contribution < 1.29 is 18.7 Å². The first-order valence-corrected chi connectivity index (χ1v) is 10.5. The fraction of sp³-hybridized carbons (Fsp3) is 0.381. The van der Waals surface area contributed by atoms with E-state index in [9.17, 15) is 9.18 Å². The molecule has 0 unspecified atom stereocenters. The maximum atomic E-state index is 14.6. The number of methoxy groups -OCH3 is 1. The van der Waals surface area contributed by atoms with Crippen LogP contribution in [0.2, 0.25) is 5.02 Å². The number of imidazole rings is 1. The van der Waals surface area contributed by atoms with E-state index in [0.717, 1.165) is 37.1 Å². The molecular weight excluding hydrogens is 425 g/mol. The molecule has 4 heterocycles. The molecular formula is C21H21ClFN5O3. The molecule has 0 saturated heterocycles. The molecule has 2 aliphatic heterocycles. The van der Waals surface area contributed by atoms with Gasteiger partial charge in [0.05, 0.1) is 38.3 Å². The van der Waals surface area contributed by atoms with Gasteiger partial charge in [-0.3, -0.25) is 4.79 Å². The number of aromatic nitrogens is 4. The number of hydrogen-bond acceptors (Lipinski definition) is 5. The Morgan fingerprint density at radius 1 is 1.35 bits per heavy atom. The predicted octanol–water partition coefficient (Wildman–Crippen LogP) is 3.21. The van der Waals surface area contributed by atoms with E-state index in [2.05, 4.69) is 15.4 Å². The molecule has 1 atom stereocenters. The summed E-state index contributed by atoms with van der Waals surface area (Å²) in [5, 5.41) is 7.45. The lowest BCUT2D eigenvalue weighted by Crippen LogP contribution is -2.36. The Hall–Kier alpha value is -2.91. The van der Waals surface area contributed by atoms with Crippen LogP contribution in [0, 0.1) is 5.82 Å². The van der Waals surface area contributed by atoms with Gasteiger partial charge in [0.15, 0.2) is 11.6 Å². The number of carbonyl (C=O) groups is 1. The summed E-state index contributed by atoms with van der Waals surface area (Å²) in [7, 11) is 1.46. The molecule has 8 nitrogen and oxygen atoms in total. The summed E-state index contributed by atoms with van der Waals surface area (Å²) in [4.78, 5) is 17.3. The zero-order valence-corrected chi connectivity index (χ0v) is 17.7. The number of aryl methyl sites for hydroxylation is 1. The summed E-state index contributed by atoms with van der Waals surface area (Å²) < 4.78 is 28.9. The molecule has 1 aromatic carbocycles. The number of nitrogens with zero attached hydrogens (tertiary/aromatic N) is 4. The SMILES string of the molecule is COc1ccc(F)c(-n2ncc3c2COC[C@H]3NC(=O)c2ncc3n2CCCC3)c1Cl. The topological polar surface area (TPSA) is 83.2 Å². The van der Waals surface area contributed by atoms with Crippen molar-refractivity contribution in [1.29, 1.82) is 0 Å². The molecule has 0 bridgehead atoms. The second-order valence-electron chi connectivity index (χ2n) is 7.59. The van der Waals surface area contributed by atoms with Crippen LogP contribution in [0.4, 0.5) is 4.39 Å². The van der Waals surface area contributed by atoms with E-state index in [-0.39, 0.29) is 29.8 Å². The lowest BCUT2D eigenvalue weighted by atomic mass is 10.1. The molecule has 10 heteroatoms. The lowest BCUT2D eigenvalue weighted by Gasteiger charge is -2.25. The van der Waals surface area contributed by atoms with Gasteiger partial charge in [0.25, 0.3) is 5.91 Å². The van der Waals surface area contributed by atoms with Crippen LogP contribution in [0.1, 0.15) is 46.5 Å². The van der Waals surface area contributed by atoms with E-state index < -0.39 is 11.9 Å². The van der Waals surface area contributed by atoms with Crippen molar-refractivity contribution in [3.8, 4) is 11.4 Å². The first-order valence-electron chi connectivity index (χ1n) is 10.1. The van der Waals surface area contributed by atoms with Crippen molar-refractivity contribution in [2.45, 2.75) is 38.5 Å². The van der Waals surface area contributed by atoms with Gasteiger partial charge < -0.3 is 19.4 Å². The number of amides is 1. The highest BCUT2D eigenvalue weighted by Gasteiger charge is 2.30. The van der Waals surface area contributed by atoms with E-state index in [1.807, 2.05) is 4.57 Å². The first-order chi connectivity index (χ1) is 15.1. The van der Waals surface area contributed by atoms with Crippen LogP contribution in [0.3, 0.4) is 0 Å². The molecule has 0 saturated carbocycles. The van der Waals surface area contributed by atoms with Crippen LogP contribution in [0.5, 0.6) is 5.75 Å². The Kier molecular flexibility index (Phi) is 5.15. The second-order valence-corrected chi connectivity index (χ2v) is 7.97. The number of fused-ring (bicyclic) bond motifs is 2. The third kappa shape index (κ3) is 3.37. The molecule has 0 aliphatic carbocycles. The molecule has 2 aromatic heterocycles. The van der Waals surface area contributed by atoms with Gasteiger partial charge in [-0.2, -0.15) is 5.10 Å². The Balaban J connectivity index is 1.46. The van der Waals surface area contributed by atoms with Gasteiger partial charge in [0.2, 0.25) is 0 Å². The number of ether oxygens (including phenoxy) is 2. The van der Waals surface area contributed by atoms with E-state index in [4.69, 9.17) is 21.1 Å². The van der Waals surface area contributed by atoms with E-state index in [1.54, 1.807) is 12.4 Å². The summed E-state index contributed by atoms with van der Waals surface area (Å²) in [6.07, 6.45) is 6.44. The van der Waals surface area contributed by atoms with Crippen LogP contribution < -0.4 is 10.1 Å². The average molecular weight is 446 g/mol. The highest BCUT2D eigenvalue weighted by atomic mass is 35.5. The number of halogens is 2. The fourth-order valence-corrected chi connectivity index (χ4v) is 4.52. The van der Waals surface area contributed by atoms with Crippen molar-refractivity contribution in [2.75, 3.05) is 13.7 Å². The summed E-state index contributed by atoms with van der Waals surface area (Å²) in [6.45, 7) is 1.29. The maximum Gasteiger partial charge on any atom is 0.287 e. The second kappa shape index (κ2) is 7.97. The van der Waals surface area contributed by atoms with Gasteiger partial charge in [-0.25, -0.2) is 14.1 Å². The highest BCUT2D eigenvalue weighted by Crippen LogP contribution is 2.35. The number of benzene rings is 1. The van der Waals surface area contributed by atoms with Gasteiger partial charge >= 0.3 is 0 Å². The number of carbonyl (C=O) groups excluding carboxylic acids is 1. The minimum absolute atomic E-state index is 0.0835. The quantitative estimate of drug-likeness (QED) is 0.666. The monoisotopic (exact) mass is 445 g/mol. The Labute approximate surface area is 182 Å². The largest absolute Gasteiger partial charge is 0.495 e. The summed E-state index contributed by atoms with van der Waals surface area (Å²) in [5.41, 5.74) is 2.53. The summed E-state index contributed by atoms with van der Waals surface area (Å²) in [6, 6.07) is 2.30. The molecule has 1 amide bonds.